The summed E-state index contributed by atoms with van der Waals surface area (Å²) in [5.74, 6) is 1.98. The van der Waals surface area contributed by atoms with Crippen molar-refractivity contribution in [3.63, 3.8) is 0 Å². The van der Waals surface area contributed by atoms with Gasteiger partial charge in [0, 0.05) is 20.1 Å². The molecule has 0 aliphatic carbocycles. The molecule has 0 N–H and O–H groups in total. The fraction of sp³-hybridized carbons (Fsp3) is 0.462. The molecule has 0 radical (unpaired) electrons. The Hall–Kier alpha value is -1.38. The minimum absolute atomic E-state index is 0. The van der Waals surface area contributed by atoms with Gasteiger partial charge >= 0.3 is 5.78 Å². The first kappa shape index (κ1) is 13.6. The van der Waals surface area contributed by atoms with Crippen LogP contribution in [0.25, 0.3) is 16.9 Å². The maximum Gasteiger partial charge on any atom is 0.406 e. The maximum atomic E-state index is 4.83. The van der Waals surface area contributed by atoms with Crippen LogP contribution in [-0.2, 0) is 14.1 Å². The molecule has 0 saturated carbocycles. The van der Waals surface area contributed by atoms with Crippen LogP contribution in [0.2, 0.25) is 0 Å². The first-order valence-electron chi connectivity index (χ1n) is 6.68. The molecule has 6 nitrogen and oxygen atoms in total. The third-order valence-corrected chi connectivity index (χ3v) is 3.93. The molecule has 0 atom stereocenters. The number of nitrogens with zero attached hydrogens (tertiary/aromatic N) is 6. The van der Waals surface area contributed by atoms with Crippen molar-refractivity contribution in [3.8, 4) is 0 Å². The van der Waals surface area contributed by atoms with E-state index in [9.17, 15) is 0 Å². The first-order valence-corrected chi connectivity index (χ1v) is 6.68. The summed E-state index contributed by atoms with van der Waals surface area (Å²) in [6, 6.07) is 0. The predicted molar refractivity (Wildman–Crippen MR) is 72.1 cm³/mol. The van der Waals surface area contributed by atoms with Crippen LogP contribution in [0.3, 0.4) is 0 Å². The van der Waals surface area contributed by atoms with Crippen molar-refractivity contribution in [2.75, 3.05) is 18.0 Å². The maximum absolute atomic E-state index is 4.83. The average Bonchev–Trinajstić information content (AvgIpc) is 3.10. The van der Waals surface area contributed by atoms with Crippen LogP contribution in [0.5, 0.6) is 0 Å². The number of hydrogen-bond donors (Lipinski definition) is 0. The molecule has 0 amide bonds. The van der Waals surface area contributed by atoms with E-state index in [0.717, 1.165) is 35.8 Å². The fourth-order valence-electron chi connectivity index (χ4n) is 2.93. The summed E-state index contributed by atoms with van der Waals surface area (Å²) in [5.41, 5.74) is 2.10. The first-order chi connectivity index (χ1) is 9.25. The SMILES string of the molecule is Cn1cnc2c(N3CCCC3)nc3n(cc[n+]3C)c21.[I-]. The summed E-state index contributed by atoms with van der Waals surface area (Å²) in [4.78, 5) is 11.7. The van der Waals surface area contributed by atoms with Gasteiger partial charge in [0.1, 0.15) is 6.20 Å². The summed E-state index contributed by atoms with van der Waals surface area (Å²) in [7, 11) is 4.06. The molecule has 0 spiro atoms. The Morgan fingerprint density at radius 1 is 1.25 bits per heavy atom. The molecule has 0 unspecified atom stereocenters. The molecule has 0 bridgehead atoms. The zero-order valence-electron chi connectivity index (χ0n) is 11.6. The summed E-state index contributed by atoms with van der Waals surface area (Å²) >= 11 is 0. The summed E-state index contributed by atoms with van der Waals surface area (Å²) in [5, 5.41) is 0. The normalized spacial score (nSPS) is 15.2. The van der Waals surface area contributed by atoms with Crippen molar-refractivity contribution in [1.82, 2.24) is 18.9 Å². The van der Waals surface area contributed by atoms with E-state index >= 15 is 0 Å². The monoisotopic (exact) mass is 384 g/mol. The molecular formula is C13H17IN6. The van der Waals surface area contributed by atoms with E-state index in [2.05, 4.69) is 18.9 Å². The lowest BCUT2D eigenvalue weighted by Gasteiger charge is -2.13. The highest BCUT2D eigenvalue weighted by atomic mass is 127. The van der Waals surface area contributed by atoms with Gasteiger partial charge in [0.05, 0.1) is 19.6 Å². The van der Waals surface area contributed by atoms with Gasteiger partial charge in [0.2, 0.25) is 11.5 Å². The molecule has 3 aromatic heterocycles. The summed E-state index contributed by atoms with van der Waals surface area (Å²) in [6.45, 7) is 2.17. The van der Waals surface area contributed by atoms with E-state index in [1.165, 1.54) is 12.8 Å². The van der Waals surface area contributed by atoms with Crippen molar-refractivity contribution in [1.29, 1.82) is 0 Å². The van der Waals surface area contributed by atoms with Gasteiger partial charge in [-0.15, -0.1) is 0 Å². The van der Waals surface area contributed by atoms with Gasteiger partial charge in [-0.3, -0.25) is 0 Å². The third kappa shape index (κ3) is 1.79. The molecule has 3 aromatic rings. The zero-order valence-corrected chi connectivity index (χ0v) is 13.8. The second-order valence-electron chi connectivity index (χ2n) is 5.24. The molecule has 1 fully saturated rings. The largest absolute Gasteiger partial charge is 1.00 e. The van der Waals surface area contributed by atoms with Crippen LogP contribution in [0.4, 0.5) is 5.82 Å². The lowest BCUT2D eigenvalue weighted by Crippen LogP contribution is -3.00. The van der Waals surface area contributed by atoms with E-state index in [4.69, 9.17) is 4.98 Å². The smallest absolute Gasteiger partial charge is 0.406 e. The number of aryl methyl sites for hydroxylation is 2. The molecule has 4 heterocycles. The highest BCUT2D eigenvalue weighted by Gasteiger charge is 2.26. The Balaban J connectivity index is 0.00000121. The zero-order chi connectivity index (χ0) is 13.0. The lowest BCUT2D eigenvalue weighted by molar-refractivity contribution is -0.646. The Bertz CT molecular complexity index is 768. The van der Waals surface area contributed by atoms with E-state index < -0.39 is 0 Å². The van der Waals surface area contributed by atoms with Gasteiger partial charge < -0.3 is 33.4 Å². The molecule has 1 aliphatic rings. The van der Waals surface area contributed by atoms with Crippen LogP contribution in [-0.4, -0.2) is 32.0 Å². The van der Waals surface area contributed by atoms with Crippen LogP contribution < -0.4 is 33.4 Å². The van der Waals surface area contributed by atoms with Crippen molar-refractivity contribution in [2.45, 2.75) is 12.8 Å². The van der Waals surface area contributed by atoms with Gasteiger partial charge in [-0.25, -0.2) is 9.55 Å². The molecule has 4 rings (SSSR count). The number of fused-ring (bicyclic) bond motifs is 3. The highest BCUT2D eigenvalue weighted by molar-refractivity contribution is 5.85. The molecular weight excluding hydrogens is 367 g/mol. The third-order valence-electron chi connectivity index (χ3n) is 3.93. The van der Waals surface area contributed by atoms with Crippen molar-refractivity contribution in [2.24, 2.45) is 14.1 Å². The van der Waals surface area contributed by atoms with E-state index in [1.807, 2.05) is 37.4 Å². The van der Waals surface area contributed by atoms with Crippen molar-refractivity contribution < 1.29 is 28.5 Å². The van der Waals surface area contributed by atoms with Gasteiger partial charge in [0.25, 0.3) is 0 Å². The van der Waals surface area contributed by atoms with Crippen LogP contribution in [0, 0.1) is 0 Å². The van der Waals surface area contributed by atoms with E-state index in [1.54, 1.807) is 0 Å². The van der Waals surface area contributed by atoms with E-state index in [0.29, 0.717) is 0 Å². The topological polar surface area (TPSA) is 42.2 Å². The standard InChI is InChI=1S/C13H17N6.HI/c1-16-7-8-19-12-10(14-9-17(12)2)11(15-13(16)19)18-5-3-4-6-18;/h7-9H,3-6H2,1-2H3;1H/q+1;/p-1. The minimum Gasteiger partial charge on any atom is -1.00 e. The van der Waals surface area contributed by atoms with Crippen LogP contribution >= 0.6 is 0 Å². The van der Waals surface area contributed by atoms with Gasteiger partial charge in [-0.1, -0.05) is 0 Å². The second kappa shape index (κ2) is 4.87. The quantitative estimate of drug-likeness (QED) is 0.349. The molecule has 7 heteroatoms. The fourth-order valence-corrected chi connectivity index (χ4v) is 2.93. The van der Waals surface area contributed by atoms with E-state index in [-0.39, 0.29) is 24.0 Å². The molecule has 0 aromatic carbocycles. The molecule has 20 heavy (non-hydrogen) atoms. The van der Waals surface area contributed by atoms with Crippen molar-refractivity contribution >= 4 is 22.8 Å². The van der Waals surface area contributed by atoms with Gasteiger partial charge in [-0.2, -0.15) is 4.40 Å². The molecule has 106 valence electrons. The number of halogens is 1. The van der Waals surface area contributed by atoms with Crippen LogP contribution in [0.15, 0.2) is 18.7 Å². The predicted octanol–water partition coefficient (Wildman–Crippen LogP) is -2.35. The Morgan fingerprint density at radius 3 is 2.75 bits per heavy atom. The van der Waals surface area contributed by atoms with Crippen molar-refractivity contribution in [3.05, 3.63) is 18.7 Å². The number of aromatic nitrogens is 5. The highest BCUT2D eigenvalue weighted by Crippen LogP contribution is 2.26. The molecule has 1 saturated heterocycles. The minimum atomic E-state index is 0. The van der Waals surface area contributed by atoms with Gasteiger partial charge in [0.15, 0.2) is 5.52 Å². The summed E-state index contributed by atoms with van der Waals surface area (Å²) in [6.07, 6.45) is 8.43. The Morgan fingerprint density at radius 2 is 2.00 bits per heavy atom. The lowest BCUT2D eigenvalue weighted by atomic mass is 10.4. The Labute approximate surface area is 134 Å². The van der Waals surface area contributed by atoms with Crippen LogP contribution in [0.1, 0.15) is 12.8 Å². The number of rotatable bonds is 1. The number of hydrogen-bond acceptors (Lipinski definition) is 3. The number of imidazole rings is 2. The summed E-state index contributed by atoms with van der Waals surface area (Å²) < 4.78 is 6.21. The molecule has 1 aliphatic heterocycles. The van der Waals surface area contributed by atoms with Gasteiger partial charge in [-0.05, 0) is 17.8 Å². The average molecular weight is 384 g/mol. The second-order valence-corrected chi connectivity index (χ2v) is 5.24. The Kier molecular flexibility index (Phi) is 3.31. The number of anilines is 1.